The number of hydrogen-bond acceptors (Lipinski definition) is 5. The van der Waals surface area contributed by atoms with Crippen molar-refractivity contribution >= 4 is 28.8 Å². The lowest BCUT2D eigenvalue weighted by Gasteiger charge is -2.12. The van der Waals surface area contributed by atoms with Gasteiger partial charge in [-0.3, -0.25) is 18.6 Å². The third kappa shape index (κ3) is 5.09. The van der Waals surface area contributed by atoms with E-state index in [0.29, 0.717) is 30.2 Å². The first kappa shape index (κ1) is 23.4. The van der Waals surface area contributed by atoms with E-state index in [1.807, 2.05) is 13.8 Å². The molecule has 1 atom stereocenters. The normalized spacial score (nSPS) is 12.0. The van der Waals surface area contributed by atoms with Crippen molar-refractivity contribution in [3.8, 4) is 11.4 Å². The number of carbonyl (C=O) groups excluding carboxylic acids is 1. The zero-order valence-corrected chi connectivity index (χ0v) is 19.4. The molecule has 1 N–H and O–H groups in total. The number of rotatable bonds is 8. The molecule has 0 aliphatic rings. The summed E-state index contributed by atoms with van der Waals surface area (Å²) in [5.74, 6) is 0.439. The molecule has 0 fully saturated rings. The molecule has 0 saturated heterocycles. The molecule has 2 aromatic heterocycles. The van der Waals surface area contributed by atoms with Crippen molar-refractivity contribution in [1.29, 1.82) is 0 Å². The summed E-state index contributed by atoms with van der Waals surface area (Å²) in [6.45, 7) is 4.37. The Balaban J connectivity index is 1.46. The number of hydrogen-bond donors (Lipinski definition) is 1. The number of aromatic nitrogens is 4. The van der Waals surface area contributed by atoms with Crippen LogP contribution in [0.1, 0.15) is 26.1 Å². The Morgan fingerprint density at radius 3 is 2.65 bits per heavy atom. The second-order valence-corrected chi connectivity index (χ2v) is 8.31. The molecule has 10 heteroatoms. The van der Waals surface area contributed by atoms with E-state index in [-0.39, 0.29) is 34.5 Å². The monoisotopic (exact) mass is 483 g/mol. The first-order chi connectivity index (χ1) is 16.4. The van der Waals surface area contributed by atoms with Crippen LogP contribution in [0.2, 0.25) is 5.02 Å². The zero-order chi connectivity index (χ0) is 24.2. The molecule has 34 heavy (non-hydrogen) atoms. The predicted octanol–water partition coefficient (Wildman–Crippen LogP) is 4.28. The van der Waals surface area contributed by atoms with Crippen LogP contribution in [0, 0.1) is 11.7 Å². The third-order valence-electron chi connectivity index (χ3n) is 5.24. The minimum Gasteiger partial charge on any atom is -0.494 e. The molecule has 1 amide bonds. The van der Waals surface area contributed by atoms with Crippen molar-refractivity contribution in [2.45, 2.75) is 26.7 Å². The van der Waals surface area contributed by atoms with Crippen LogP contribution in [0.5, 0.6) is 5.75 Å². The van der Waals surface area contributed by atoms with E-state index in [9.17, 15) is 14.0 Å². The van der Waals surface area contributed by atoms with Gasteiger partial charge >= 0.3 is 5.56 Å². The third-order valence-corrected chi connectivity index (χ3v) is 5.53. The maximum Gasteiger partial charge on any atom is 0.300 e. The summed E-state index contributed by atoms with van der Waals surface area (Å²) < 4.78 is 21.9. The van der Waals surface area contributed by atoms with Crippen molar-refractivity contribution in [1.82, 2.24) is 19.2 Å². The quantitative estimate of drug-likeness (QED) is 0.404. The van der Waals surface area contributed by atoms with Crippen LogP contribution < -0.4 is 15.6 Å². The summed E-state index contributed by atoms with van der Waals surface area (Å²) in [5.41, 5.74) is 1.01. The molecule has 8 nitrogen and oxygen atoms in total. The first-order valence-corrected chi connectivity index (χ1v) is 11.2. The molecule has 2 aromatic carbocycles. The van der Waals surface area contributed by atoms with Crippen molar-refractivity contribution in [3.05, 3.63) is 81.9 Å². The van der Waals surface area contributed by atoms with Crippen molar-refractivity contribution in [3.63, 3.8) is 0 Å². The minimum atomic E-state index is -0.548. The highest BCUT2D eigenvalue weighted by Crippen LogP contribution is 2.20. The van der Waals surface area contributed by atoms with Gasteiger partial charge in [-0.05, 0) is 55.3 Å². The van der Waals surface area contributed by atoms with Crippen LogP contribution in [-0.2, 0) is 11.2 Å². The number of nitrogens with one attached hydrogen (secondary N) is 1. The lowest BCUT2D eigenvalue weighted by Crippen LogP contribution is -2.21. The summed E-state index contributed by atoms with van der Waals surface area (Å²) >= 11 is 5.76. The summed E-state index contributed by atoms with van der Waals surface area (Å²) in [5, 5.41) is 10.9. The maximum absolute atomic E-state index is 13.3. The molecule has 2 heterocycles. The van der Waals surface area contributed by atoms with Crippen molar-refractivity contribution in [2.24, 2.45) is 5.92 Å². The van der Waals surface area contributed by atoms with E-state index in [0.717, 1.165) is 5.75 Å². The fourth-order valence-corrected chi connectivity index (χ4v) is 3.81. The largest absolute Gasteiger partial charge is 0.494 e. The number of ether oxygens (including phenoxy) is 1. The van der Waals surface area contributed by atoms with Crippen LogP contribution in [0.4, 0.5) is 10.1 Å². The van der Waals surface area contributed by atoms with Gasteiger partial charge in [0, 0.05) is 36.6 Å². The molecule has 0 bridgehead atoms. The van der Waals surface area contributed by atoms with Crippen LogP contribution in [-0.4, -0.2) is 31.7 Å². The summed E-state index contributed by atoms with van der Waals surface area (Å²) in [6, 6.07) is 11.2. The van der Waals surface area contributed by atoms with Crippen molar-refractivity contribution in [2.75, 3.05) is 11.9 Å². The van der Waals surface area contributed by atoms with E-state index < -0.39 is 5.82 Å². The Hall–Kier alpha value is -3.72. The minimum absolute atomic E-state index is 0.0586. The van der Waals surface area contributed by atoms with Gasteiger partial charge in [0.1, 0.15) is 17.4 Å². The molecule has 176 valence electrons. The Morgan fingerprint density at radius 2 is 1.94 bits per heavy atom. The lowest BCUT2D eigenvalue weighted by atomic mass is 10.0. The molecule has 0 spiro atoms. The number of nitrogens with zero attached hydrogens (tertiary/aromatic N) is 4. The Kier molecular flexibility index (Phi) is 6.93. The smallest absolute Gasteiger partial charge is 0.300 e. The van der Waals surface area contributed by atoms with Crippen LogP contribution in [0.25, 0.3) is 11.3 Å². The zero-order valence-electron chi connectivity index (χ0n) is 18.7. The molecule has 1 unspecified atom stereocenters. The fourth-order valence-electron chi connectivity index (χ4n) is 3.63. The second-order valence-electron chi connectivity index (χ2n) is 7.90. The van der Waals surface area contributed by atoms with Gasteiger partial charge in [-0.1, -0.05) is 18.5 Å². The van der Waals surface area contributed by atoms with Gasteiger partial charge in [0.25, 0.3) is 0 Å². The number of halogens is 2. The van der Waals surface area contributed by atoms with Crippen LogP contribution in [0.15, 0.2) is 59.7 Å². The predicted molar refractivity (Wildman–Crippen MR) is 127 cm³/mol. The second kappa shape index (κ2) is 10.0. The molecular formula is C24H23ClFN5O3. The van der Waals surface area contributed by atoms with Gasteiger partial charge in [0.15, 0.2) is 0 Å². The SMILES string of the molecule is CCOc1ccc(-n2ccn3c(CC(C)CC(=O)Nc4ccc(F)c(Cl)c4)nnc3c2=O)cc1. The average molecular weight is 484 g/mol. The molecule has 4 rings (SSSR count). The number of carbonyl (C=O) groups is 1. The molecule has 0 radical (unpaired) electrons. The van der Waals surface area contributed by atoms with Crippen molar-refractivity contribution < 1.29 is 13.9 Å². The molecule has 0 aliphatic carbocycles. The Morgan fingerprint density at radius 1 is 1.18 bits per heavy atom. The Bertz CT molecular complexity index is 1380. The van der Waals surface area contributed by atoms with E-state index in [2.05, 4.69) is 15.5 Å². The van der Waals surface area contributed by atoms with Gasteiger partial charge < -0.3 is 10.1 Å². The number of anilines is 1. The summed E-state index contributed by atoms with van der Waals surface area (Å²) in [7, 11) is 0. The van der Waals surface area contributed by atoms with E-state index >= 15 is 0 Å². The molecule has 0 saturated carbocycles. The standard InChI is InChI=1S/C24H23ClFN5O3/c1-3-34-18-7-5-17(6-8-18)30-10-11-31-21(28-29-23(31)24(30)33)12-15(2)13-22(32)27-16-4-9-20(26)19(25)14-16/h4-11,14-15H,3,12-13H2,1-2H3,(H,27,32). The van der Waals surface area contributed by atoms with Gasteiger partial charge in [0.2, 0.25) is 11.6 Å². The molecule has 0 aliphatic heterocycles. The topological polar surface area (TPSA) is 90.5 Å². The average Bonchev–Trinajstić information content (AvgIpc) is 3.21. The number of amides is 1. The van der Waals surface area contributed by atoms with E-state index in [1.54, 1.807) is 41.1 Å². The highest BCUT2D eigenvalue weighted by Gasteiger charge is 2.17. The number of fused-ring (bicyclic) bond motifs is 1. The lowest BCUT2D eigenvalue weighted by molar-refractivity contribution is -0.116. The van der Waals surface area contributed by atoms with Gasteiger partial charge in [-0.25, -0.2) is 4.39 Å². The first-order valence-electron chi connectivity index (χ1n) is 10.8. The fraction of sp³-hybridized carbons (Fsp3) is 0.250. The highest BCUT2D eigenvalue weighted by atomic mass is 35.5. The van der Waals surface area contributed by atoms with Gasteiger partial charge in [0.05, 0.1) is 11.6 Å². The van der Waals surface area contributed by atoms with E-state index in [4.69, 9.17) is 16.3 Å². The van der Waals surface area contributed by atoms with E-state index in [1.165, 1.54) is 22.8 Å². The summed E-state index contributed by atoms with van der Waals surface area (Å²) in [4.78, 5) is 25.4. The Labute approximate surface area is 200 Å². The molecular weight excluding hydrogens is 461 g/mol. The van der Waals surface area contributed by atoms with Crippen LogP contribution in [0.3, 0.4) is 0 Å². The number of benzene rings is 2. The van der Waals surface area contributed by atoms with Crippen LogP contribution >= 0.6 is 11.6 Å². The molecule has 4 aromatic rings. The highest BCUT2D eigenvalue weighted by molar-refractivity contribution is 6.31. The summed E-state index contributed by atoms with van der Waals surface area (Å²) in [6.07, 6.45) is 4.03. The maximum atomic E-state index is 13.3. The van der Waals surface area contributed by atoms with Gasteiger partial charge in [-0.15, -0.1) is 10.2 Å². The van der Waals surface area contributed by atoms with Gasteiger partial charge in [-0.2, -0.15) is 0 Å².